The summed E-state index contributed by atoms with van der Waals surface area (Å²) >= 11 is 0. The van der Waals surface area contributed by atoms with Gasteiger partial charge >= 0.3 is 0 Å². The molecule has 0 bridgehead atoms. The standard InChI is InChI=1S/C12H12N2O/c13-8-1-2-10-9(5-8)11(6-15)14-7-12(10)3-4-12/h1-2,5-6H,3-4,7,13H2. The summed E-state index contributed by atoms with van der Waals surface area (Å²) in [7, 11) is 0. The number of rotatable bonds is 1. The molecule has 76 valence electrons. The number of anilines is 1. The smallest absolute Gasteiger partial charge is 0.168 e. The van der Waals surface area contributed by atoms with Gasteiger partial charge in [-0.3, -0.25) is 9.79 Å². The molecular weight excluding hydrogens is 188 g/mol. The first-order chi connectivity index (χ1) is 7.25. The van der Waals surface area contributed by atoms with Gasteiger partial charge in [0, 0.05) is 23.2 Å². The third-order valence-electron chi connectivity index (χ3n) is 3.41. The van der Waals surface area contributed by atoms with Crippen LogP contribution in [0.3, 0.4) is 0 Å². The van der Waals surface area contributed by atoms with E-state index in [1.807, 2.05) is 12.1 Å². The molecule has 15 heavy (non-hydrogen) atoms. The number of carbonyl (C=O) groups is 1. The van der Waals surface area contributed by atoms with Gasteiger partial charge in [-0.05, 0) is 30.5 Å². The third-order valence-corrected chi connectivity index (χ3v) is 3.41. The molecule has 0 atom stereocenters. The van der Waals surface area contributed by atoms with Crippen molar-refractivity contribution in [3.05, 3.63) is 29.3 Å². The van der Waals surface area contributed by atoms with Crippen molar-refractivity contribution < 1.29 is 4.79 Å². The number of carbonyl (C=O) groups excluding carboxylic acids is 1. The number of hydrogen-bond acceptors (Lipinski definition) is 3. The van der Waals surface area contributed by atoms with Gasteiger partial charge in [-0.2, -0.15) is 0 Å². The molecule has 1 saturated carbocycles. The number of nitrogens with zero attached hydrogens (tertiary/aromatic N) is 1. The molecule has 0 aromatic heterocycles. The summed E-state index contributed by atoms with van der Waals surface area (Å²) in [6, 6.07) is 5.82. The summed E-state index contributed by atoms with van der Waals surface area (Å²) in [4.78, 5) is 15.2. The fourth-order valence-electron chi connectivity index (χ4n) is 2.32. The number of nitrogen functional groups attached to an aromatic ring is 1. The van der Waals surface area contributed by atoms with Crippen LogP contribution in [0.25, 0.3) is 0 Å². The summed E-state index contributed by atoms with van der Waals surface area (Å²) in [6.45, 7) is 0.762. The number of aliphatic imine (C=N–C) groups is 1. The molecule has 3 nitrogen and oxygen atoms in total. The molecular formula is C12H12N2O. The average molecular weight is 200 g/mol. The molecule has 0 amide bonds. The fourth-order valence-corrected chi connectivity index (χ4v) is 2.32. The summed E-state index contributed by atoms with van der Waals surface area (Å²) in [5, 5.41) is 0. The molecule has 2 N–H and O–H groups in total. The minimum atomic E-state index is 0.232. The number of aldehydes is 1. The minimum Gasteiger partial charge on any atom is -0.399 e. The lowest BCUT2D eigenvalue weighted by Crippen LogP contribution is -2.23. The van der Waals surface area contributed by atoms with E-state index in [-0.39, 0.29) is 5.41 Å². The molecule has 1 aliphatic carbocycles. The fraction of sp³-hybridized carbons (Fsp3) is 0.333. The van der Waals surface area contributed by atoms with Crippen molar-refractivity contribution in [3.8, 4) is 0 Å². The van der Waals surface area contributed by atoms with Gasteiger partial charge in [0.05, 0.1) is 0 Å². The van der Waals surface area contributed by atoms with Crippen molar-refractivity contribution in [1.82, 2.24) is 0 Å². The Kier molecular flexibility index (Phi) is 1.55. The first-order valence-corrected chi connectivity index (χ1v) is 5.15. The van der Waals surface area contributed by atoms with Crippen molar-refractivity contribution in [2.24, 2.45) is 4.99 Å². The highest BCUT2D eigenvalue weighted by atomic mass is 16.1. The highest BCUT2D eigenvalue weighted by Crippen LogP contribution is 2.51. The molecule has 2 aliphatic rings. The molecule has 1 heterocycles. The number of fused-ring (bicyclic) bond motifs is 2. The zero-order chi connectivity index (χ0) is 10.5. The third kappa shape index (κ3) is 1.12. The van der Waals surface area contributed by atoms with Crippen LogP contribution in [0.2, 0.25) is 0 Å². The predicted molar refractivity (Wildman–Crippen MR) is 59.2 cm³/mol. The number of benzene rings is 1. The van der Waals surface area contributed by atoms with Crippen molar-refractivity contribution in [3.63, 3.8) is 0 Å². The van der Waals surface area contributed by atoms with Crippen LogP contribution in [0.5, 0.6) is 0 Å². The molecule has 1 aromatic rings. The Labute approximate surface area is 88.0 Å². The van der Waals surface area contributed by atoms with Crippen molar-refractivity contribution in [2.75, 3.05) is 12.3 Å². The monoisotopic (exact) mass is 200 g/mol. The van der Waals surface area contributed by atoms with E-state index in [0.717, 1.165) is 18.4 Å². The number of hydrogen-bond donors (Lipinski definition) is 1. The summed E-state index contributed by atoms with van der Waals surface area (Å²) in [5.41, 5.74) is 9.41. The minimum absolute atomic E-state index is 0.232. The summed E-state index contributed by atoms with van der Waals surface area (Å²) in [6.07, 6.45) is 3.19. The highest BCUT2D eigenvalue weighted by Gasteiger charge is 2.47. The summed E-state index contributed by atoms with van der Waals surface area (Å²) < 4.78 is 0. The molecule has 0 unspecified atom stereocenters. The van der Waals surface area contributed by atoms with Gasteiger partial charge in [0.15, 0.2) is 6.29 Å². The van der Waals surface area contributed by atoms with Crippen molar-refractivity contribution >= 4 is 17.7 Å². The first-order valence-electron chi connectivity index (χ1n) is 5.15. The van der Waals surface area contributed by atoms with E-state index in [1.165, 1.54) is 18.4 Å². The maximum Gasteiger partial charge on any atom is 0.168 e. The maximum atomic E-state index is 10.9. The second-order valence-corrected chi connectivity index (χ2v) is 4.40. The maximum absolute atomic E-state index is 10.9. The Balaban J connectivity index is 2.23. The van der Waals surface area contributed by atoms with Crippen molar-refractivity contribution in [1.29, 1.82) is 0 Å². The Bertz CT molecular complexity index is 473. The van der Waals surface area contributed by atoms with Gasteiger partial charge in [0.25, 0.3) is 0 Å². The average Bonchev–Trinajstić information content (AvgIpc) is 2.99. The van der Waals surface area contributed by atoms with E-state index in [4.69, 9.17) is 5.73 Å². The van der Waals surface area contributed by atoms with E-state index < -0.39 is 0 Å². The molecule has 0 saturated heterocycles. The second-order valence-electron chi connectivity index (χ2n) is 4.40. The van der Waals surface area contributed by atoms with Gasteiger partial charge in [-0.1, -0.05) is 6.07 Å². The zero-order valence-electron chi connectivity index (χ0n) is 8.36. The molecule has 1 spiro atoms. The van der Waals surface area contributed by atoms with Crippen LogP contribution in [-0.2, 0) is 10.2 Å². The molecule has 1 aliphatic heterocycles. The first kappa shape index (κ1) is 8.65. The molecule has 3 rings (SSSR count). The van der Waals surface area contributed by atoms with Crippen LogP contribution in [0.15, 0.2) is 23.2 Å². The molecule has 0 radical (unpaired) electrons. The van der Waals surface area contributed by atoms with E-state index in [9.17, 15) is 4.79 Å². The van der Waals surface area contributed by atoms with Crippen LogP contribution < -0.4 is 5.73 Å². The SMILES string of the molecule is Nc1ccc2c(c1)C(C=O)=NCC21CC1. The van der Waals surface area contributed by atoms with Gasteiger partial charge in [-0.25, -0.2) is 0 Å². The molecule has 1 fully saturated rings. The van der Waals surface area contributed by atoms with Crippen molar-refractivity contribution in [2.45, 2.75) is 18.3 Å². The lowest BCUT2D eigenvalue weighted by Gasteiger charge is -2.22. The Morgan fingerprint density at radius 3 is 2.87 bits per heavy atom. The summed E-state index contributed by atoms with van der Waals surface area (Å²) in [5.74, 6) is 0. The van der Waals surface area contributed by atoms with Crippen LogP contribution in [0, 0.1) is 0 Å². The Morgan fingerprint density at radius 2 is 2.20 bits per heavy atom. The van der Waals surface area contributed by atoms with Gasteiger partial charge in [0.1, 0.15) is 5.71 Å². The van der Waals surface area contributed by atoms with E-state index >= 15 is 0 Å². The van der Waals surface area contributed by atoms with Gasteiger partial charge in [0.2, 0.25) is 0 Å². The van der Waals surface area contributed by atoms with Crippen LogP contribution in [0.4, 0.5) is 5.69 Å². The van der Waals surface area contributed by atoms with E-state index in [0.29, 0.717) is 11.4 Å². The largest absolute Gasteiger partial charge is 0.399 e. The van der Waals surface area contributed by atoms with E-state index in [2.05, 4.69) is 11.1 Å². The lowest BCUT2D eigenvalue weighted by atomic mass is 9.86. The molecule has 3 heteroatoms. The van der Waals surface area contributed by atoms with Gasteiger partial charge in [-0.15, -0.1) is 0 Å². The van der Waals surface area contributed by atoms with Crippen LogP contribution >= 0.6 is 0 Å². The highest BCUT2D eigenvalue weighted by molar-refractivity contribution is 6.37. The van der Waals surface area contributed by atoms with E-state index in [1.54, 1.807) is 0 Å². The Morgan fingerprint density at radius 1 is 1.40 bits per heavy atom. The van der Waals surface area contributed by atoms with Crippen LogP contribution in [-0.4, -0.2) is 18.5 Å². The number of nitrogens with two attached hydrogens (primary N) is 1. The lowest BCUT2D eigenvalue weighted by molar-refractivity contribution is -0.102. The molecule has 1 aromatic carbocycles. The topological polar surface area (TPSA) is 55.5 Å². The van der Waals surface area contributed by atoms with Gasteiger partial charge < -0.3 is 5.73 Å². The van der Waals surface area contributed by atoms with Crippen LogP contribution in [0.1, 0.15) is 24.0 Å². The quantitative estimate of drug-likeness (QED) is 0.548. The predicted octanol–water partition coefficient (Wildman–Crippen LogP) is 1.30. The zero-order valence-corrected chi connectivity index (χ0v) is 8.36. The second kappa shape index (κ2) is 2.69. The Hall–Kier alpha value is -1.64. The normalized spacial score (nSPS) is 20.7.